The molecule has 3 aromatic rings. The van der Waals surface area contributed by atoms with Gasteiger partial charge in [-0.25, -0.2) is 4.98 Å². The van der Waals surface area contributed by atoms with Gasteiger partial charge in [-0.05, 0) is 68.5 Å². The third-order valence-corrected chi connectivity index (χ3v) is 8.57. The number of nitrogens with zero attached hydrogens (tertiary/aromatic N) is 3. The maximum absolute atomic E-state index is 13.3. The van der Waals surface area contributed by atoms with Crippen LogP contribution in [0.5, 0.6) is 0 Å². The number of hydrogen-bond donors (Lipinski definition) is 0. The fourth-order valence-electron chi connectivity index (χ4n) is 4.89. The molecular formula is C26H29N3O2S2. The SMILES string of the molecule is O=C(CSc1nc2ccccc2c(=O)n1CCC1=CCCCC1)N1CCCC1c1cccs1. The van der Waals surface area contributed by atoms with Gasteiger partial charge in [-0.3, -0.25) is 14.2 Å². The highest BCUT2D eigenvalue weighted by Crippen LogP contribution is 2.35. The van der Waals surface area contributed by atoms with Gasteiger partial charge < -0.3 is 4.90 Å². The molecule has 5 rings (SSSR count). The summed E-state index contributed by atoms with van der Waals surface area (Å²) >= 11 is 3.12. The lowest BCUT2D eigenvalue weighted by Crippen LogP contribution is -2.32. The van der Waals surface area contributed by atoms with E-state index in [4.69, 9.17) is 4.98 Å². The van der Waals surface area contributed by atoms with E-state index in [0.29, 0.717) is 28.4 Å². The van der Waals surface area contributed by atoms with Gasteiger partial charge in [0.25, 0.3) is 5.56 Å². The van der Waals surface area contributed by atoms with Crippen molar-refractivity contribution >= 4 is 39.9 Å². The summed E-state index contributed by atoms with van der Waals surface area (Å²) in [5.41, 5.74) is 2.12. The topological polar surface area (TPSA) is 55.2 Å². The summed E-state index contributed by atoms with van der Waals surface area (Å²) in [7, 11) is 0. The second kappa shape index (κ2) is 10.3. The average molecular weight is 480 g/mol. The molecule has 172 valence electrons. The molecule has 1 aliphatic carbocycles. The van der Waals surface area contributed by atoms with Crippen LogP contribution in [0.3, 0.4) is 0 Å². The van der Waals surface area contributed by atoms with Gasteiger partial charge in [-0.2, -0.15) is 0 Å². The maximum atomic E-state index is 13.3. The lowest BCUT2D eigenvalue weighted by Gasteiger charge is -2.24. The van der Waals surface area contributed by atoms with Crippen LogP contribution in [0.1, 0.15) is 55.9 Å². The first kappa shape index (κ1) is 22.4. The molecule has 1 aromatic carbocycles. The minimum absolute atomic E-state index is 0.00964. The van der Waals surface area contributed by atoms with Crippen molar-refractivity contribution in [3.8, 4) is 0 Å². The summed E-state index contributed by atoms with van der Waals surface area (Å²) in [6, 6.07) is 11.9. The van der Waals surface area contributed by atoms with Gasteiger partial charge in [-0.15, -0.1) is 11.3 Å². The number of likely N-dealkylation sites (tertiary alicyclic amines) is 1. The molecule has 1 saturated heterocycles. The largest absolute Gasteiger partial charge is 0.334 e. The van der Waals surface area contributed by atoms with Crippen molar-refractivity contribution in [2.75, 3.05) is 12.3 Å². The van der Waals surface area contributed by atoms with Crippen molar-refractivity contribution in [1.29, 1.82) is 0 Å². The van der Waals surface area contributed by atoms with Crippen LogP contribution in [0.4, 0.5) is 0 Å². The third kappa shape index (κ3) is 4.94. The molecule has 0 saturated carbocycles. The van der Waals surface area contributed by atoms with E-state index in [9.17, 15) is 9.59 Å². The summed E-state index contributed by atoms with van der Waals surface area (Å²) < 4.78 is 1.79. The molecule has 0 bridgehead atoms. The molecule has 1 atom stereocenters. The number of hydrogen-bond acceptors (Lipinski definition) is 5. The zero-order valence-corrected chi connectivity index (χ0v) is 20.4. The molecule has 1 unspecified atom stereocenters. The number of benzene rings is 1. The maximum Gasteiger partial charge on any atom is 0.262 e. The average Bonchev–Trinajstić information content (AvgIpc) is 3.55. The monoisotopic (exact) mass is 479 g/mol. The number of para-hydroxylation sites is 1. The highest BCUT2D eigenvalue weighted by Gasteiger charge is 2.30. The number of thiophene rings is 1. The number of carbonyl (C=O) groups excluding carboxylic acids is 1. The van der Waals surface area contributed by atoms with E-state index in [1.807, 2.05) is 29.2 Å². The van der Waals surface area contributed by atoms with Crippen molar-refractivity contribution < 1.29 is 4.79 Å². The Morgan fingerprint density at radius 2 is 2.06 bits per heavy atom. The lowest BCUT2D eigenvalue weighted by molar-refractivity contribution is -0.129. The molecule has 2 aromatic heterocycles. The highest BCUT2D eigenvalue weighted by atomic mass is 32.2. The van der Waals surface area contributed by atoms with Gasteiger partial charge >= 0.3 is 0 Å². The van der Waals surface area contributed by atoms with Crippen LogP contribution in [-0.2, 0) is 11.3 Å². The molecule has 5 nitrogen and oxygen atoms in total. The van der Waals surface area contributed by atoms with Crippen LogP contribution in [0.2, 0.25) is 0 Å². The predicted molar refractivity (Wildman–Crippen MR) is 136 cm³/mol. The normalized spacial score (nSPS) is 18.6. The number of carbonyl (C=O) groups is 1. The van der Waals surface area contributed by atoms with Crippen molar-refractivity contribution in [3.63, 3.8) is 0 Å². The number of amides is 1. The first-order valence-electron chi connectivity index (χ1n) is 11.8. The lowest BCUT2D eigenvalue weighted by atomic mass is 9.97. The van der Waals surface area contributed by atoms with Crippen molar-refractivity contribution in [3.05, 3.63) is 68.7 Å². The van der Waals surface area contributed by atoms with E-state index < -0.39 is 0 Å². The van der Waals surface area contributed by atoms with Crippen LogP contribution in [0, 0.1) is 0 Å². The molecule has 2 aliphatic rings. The van der Waals surface area contributed by atoms with Crippen LogP contribution in [0.15, 0.2) is 63.4 Å². The Balaban J connectivity index is 1.36. The molecular weight excluding hydrogens is 450 g/mol. The zero-order valence-electron chi connectivity index (χ0n) is 18.7. The first-order chi connectivity index (χ1) is 16.2. The Morgan fingerprint density at radius 3 is 2.88 bits per heavy atom. The van der Waals surface area contributed by atoms with Crippen LogP contribution in [0.25, 0.3) is 10.9 Å². The van der Waals surface area contributed by atoms with Gasteiger partial charge in [-0.1, -0.05) is 41.6 Å². The van der Waals surface area contributed by atoms with E-state index in [0.717, 1.165) is 38.6 Å². The van der Waals surface area contributed by atoms with Crippen molar-refractivity contribution in [1.82, 2.24) is 14.5 Å². The summed E-state index contributed by atoms with van der Waals surface area (Å²) in [6.07, 6.45) is 10.00. The Morgan fingerprint density at radius 1 is 1.15 bits per heavy atom. The Kier molecular flexibility index (Phi) is 6.97. The molecule has 33 heavy (non-hydrogen) atoms. The summed E-state index contributed by atoms with van der Waals surface area (Å²) in [4.78, 5) is 34.6. The van der Waals surface area contributed by atoms with Crippen LogP contribution < -0.4 is 5.56 Å². The smallest absolute Gasteiger partial charge is 0.262 e. The number of aromatic nitrogens is 2. The summed E-state index contributed by atoms with van der Waals surface area (Å²) in [5, 5.41) is 3.36. The molecule has 7 heteroatoms. The predicted octanol–water partition coefficient (Wildman–Crippen LogP) is 5.80. The molecule has 3 heterocycles. The Labute approximate surface area is 202 Å². The van der Waals surface area contributed by atoms with E-state index in [1.54, 1.807) is 15.9 Å². The number of fused-ring (bicyclic) bond motifs is 1. The van der Waals surface area contributed by atoms with E-state index >= 15 is 0 Å². The molecule has 0 N–H and O–H groups in total. The molecule has 0 spiro atoms. The number of rotatable bonds is 7. The fourth-order valence-corrected chi connectivity index (χ4v) is 6.68. The quantitative estimate of drug-likeness (QED) is 0.244. The van der Waals surface area contributed by atoms with E-state index in [2.05, 4.69) is 23.6 Å². The molecule has 1 fully saturated rings. The van der Waals surface area contributed by atoms with Gasteiger partial charge in [0.15, 0.2) is 5.16 Å². The third-order valence-electron chi connectivity index (χ3n) is 6.64. The molecule has 1 amide bonds. The number of thioether (sulfide) groups is 1. The Hall–Kier alpha value is -2.38. The fraction of sp³-hybridized carbons (Fsp3) is 0.423. The summed E-state index contributed by atoms with van der Waals surface area (Å²) in [5.74, 6) is 0.426. The zero-order chi connectivity index (χ0) is 22.6. The van der Waals surface area contributed by atoms with E-state index in [1.165, 1.54) is 35.1 Å². The van der Waals surface area contributed by atoms with Crippen LogP contribution >= 0.6 is 23.1 Å². The van der Waals surface area contributed by atoms with Gasteiger partial charge in [0.1, 0.15) is 0 Å². The minimum atomic E-state index is -0.00964. The Bertz CT molecular complexity index is 1220. The van der Waals surface area contributed by atoms with Gasteiger partial charge in [0.2, 0.25) is 5.91 Å². The number of allylic oxidation sites excluding steroid dienone is 2. The van der Waals surface area contributed by atoms with Crippen molar-refractivity contribution in [2.45, 2.75) is 62.7 Å². The second-order valence-electron chi connectivity index (χ2n) is 8.78. The van der Waals surface area contributed by atoms with Gasteiger partial charge in [0.05, 0.1) is 22.7 Å². The second-order valence-corrected chi connectivity index (χ2v) is 10.7. The standard InChI is InChI=1S/C26H29N3O2S2/c30-24(28-15-6-12-22(28)23-13-7-17-32-23)18-33-26-27-21-11-5-4-10-20(21)25(31)29(26)16-14-19-8-2-1-3-9-19/h4-5,7-8,10-11,13,17,22H,1-3,6,9,12,14-16,18H2. The first-order valence-corrected chi connectivity index (χ1v) is 13.7. The molecule has 0 radical (unpaired) electrons. The minimum Gasteiger partial charge on any atom is -0.334 e. The highest BCUT2D eigenvalue weighted by molar-refractivity contribution is 7.99. The van der Waals surface area contributed by atoms with Gasteiger partial charge in [0, 0.05) is 18.0 Å². The summed E-state index contributed by atoms with van der Waals surface area (Å²) in [6.45, 7) is 1.41. The van der Waals surface area contributed by atoms with Crippen molar-refractivity contribution in [2.24, 2.45) is 0 Å². The van der Waals surface area contributed by atoms with E-state index in [-0.39, 0.29) is 17.5 Å². The van der Waals surface area contributed by atoms with Crippen LogP contribution in [-0.4, -0.2) is 32.7 Å². The molecule has 1 aliphatic heterocycles.